The smallest absolute Gasteiger partial charge is 0.311 e. The molecule has 0 saturated carbocycles. The first-order valence-electron chi connectivity index (χ1n) is 9.47. The van der Waals surface area contributed by atoms with E-state index < -0.39 is 29.3 Å². The molecule has 1 fully saturated rings. The van der Waals surface area contributed by atoms with Crippen LogP contribution >= 0.6 is 0 Å². The standard InChI is InChI=1S/C21H21N3O6/c1-2-14-6-8-16(9-7-14)22-19(25)13-30-21(27)15-10-20(26)23(12-15)17-4-3-5-18(11-17)24(28)29/h3-9,11,15H,2,10,12-13H2,1H3,(H,22,25)/t15-/m0/s1. The van der Waals surface area contributed by atoms with E-state index >= 15 is 0 Å². The molecule has 2 amide bonds. The van der Waals surface area contributed by atoms with Crippen LogP contribution in [0, 0.1) is 16.0 Å². The maximum absolute atomic E-state index is 12.3. The van der Waals surface area contributed by atoms with Crippen LogP contribution in [0.4, 0.5) is 17.1 Å². The van der Waals surface area contributed by atoms with Gasteiger partial charge in [0, 0.05) is 30.8 Å². The van der Waals surface area contributed by atoms with Crippen LogP contribution < -0.4 is 10.2 Å². The normalized spacial score (nSPS) is 15.7. The average molecular weight is 411 g/mol. The minimum Gasteiger partial charge on any atom is -0.455 e. The molecule has 0 spiro atoms. The number of benzene rings is 2. The zero-order chi connectivity index (χ0) is 21.7. The molecule has 0 radical (unpaired) electrons. The van der Waals surface area contributed by atoms with Gasteiger partial charge in [-0.1, -0.05) is 25.1 Å². The molecule has 30 heavy (non-hydrogen) atoms. The molecule has 1 atom stereocenters. The van der Waals surface area contributed by atoms with Gasteiger partial charge in [0.05, 0.1) is 16.5 Å². The van der Waals surface area contributed by atoms with Crippen molar-refractivity contribution in [1.82, 2.24) is 0 Å². The summed E-state index contributed by atoms with van der Waals surface area (Å²) in [5.74, 6) is -2.22. The lowest BCUT2D eigenvalue weighted by molar-refractivity contribution is -0.384. The zero-order valence-corrected chi connectivity index (χ0v) is 16.4. The number of aryl methyl sites for hydroxylation is 1. The topological polar surface area (TPSA) is 119 Å². The first-order valence-corrected chi connectivity index (χ1v) is 9.47. The largest absolute Gasteiger partial charge is 0.455 e. The highest BCUT2D eigenvalue weighted by Gasteiger charge is 2.36. The first-order chi connectivity index (χ1) is 14.4. The van der Waals surface area contributed by atoms with Gasteiger partial charge in [-0.25, -0.2) is 0 Å². The molecule has 1 aliphatic rings. The van der Waals surface area contributed by atoms with Gasteiger partial charge in [0.1, 0.15) is 0 Å². The zero-order valence-electron chi connectivity index (χ0n) is 16.4. The van der Waals surface area contributed by atoms with Crippen molar-refractivity contribution in [2.45, 2.75) is 19.8 Å². The SMILES string of the molecule is CCc1ccc(NC(=O)COC(=O)[C@H]2CC(=O)N(c3cccc([N+](=O)[O-])c3)C2)cc1. The number of esters is 1. The monoisotopic (exact) mass is 411 g/mol. The van der Waals surface area contributed by atoms with E-state index in [1.807, 2.05) is 19.1 Å². The number of hydrogen-bond acceptors (Lipinski definition) is 6. The number of nitrogens with one attached hydrogen (secondary N) is 1. The Morgan fingerprint density at radius 1 is 1.23 bits per heavy atom. The van der Waals surface area contributed by atoms with Crippen LogP contribution in [-0.4, -0.2) is 35.9 Å². The van der Waals surface area contributed by atoms with E-state index in [-0.39, 0.29) is 24.6 Å². The van der Waals surface area contributed by atoms with Gasteiger partial charge in [-0.05, 0) is 30.2 Å². The van der Waals surface area contributed by atoms with Crippen LogP contribution in [0.3, 0.4) is 0 Å². The summed E-state index contributed by atoms with van der Waals surface area (Å²) in [6.07, 6.45) is 0.806. The lowest BCUT2D eigenvalue weighted by atomic mass is 10.1. The fourth-order valence-corrected chi connectivity index (χ4v) is 3.16. The van der Waals surface area contributed by atoms with Crippen LogP contribution in [0.15, 0.2) is 48.5 Å². The predicted molar refractivity (Wildman–Crippen MR) is 109 cm³/mol. The quantitative estimate of drug-likeness (QED) is 0.425. The van der Waals surface area contributed by atoms with Gasteiger partial charge in [-0.3, -0.25) is 24.5 Å². The molecule has 1 saturated heterocycles. The number of rotatable bonds is 7. The summed E-state index contributed by atoms with van der Waals surface area (Å²) in [6, 6.07) is 13.0. The molecule has 0 unspecified atom stereocenters. The highest BCUT2D eigenvalue weighted by atomic mass is 16.6. The van der Waals surface area contributed by atoms with E-state index in [0.29, 0.717) is 11.4 Å². The number of anilines is 2. The van der Waals surface area contributed by atoms with E-state index in [1.54, 1.807) is 18.2 Å². The van der Waals surface area contributed by atoms with E-state index in [1.165, 1.54) is 23.1 Å². The summed E-state index contributed by atoms with van der Waals surface area (Å²) in [6.45, 7) is 1.61. The Balaban J connectivity index is 1.53. The number of nitro groups is 1. The van der Waals surface area contributed by atoms with E-state index in [0.717, 1.165) is 12.0 Å². The predicted octanol–water partition coefficient (Wildman–Crippen LogP) is 2.69. The molecular formula is C21H21N3O6. The Labute approximate surface area is 172 Å². The lowest BCUT2D eigenvalue weighted by Gasteiger charge is -2.16. The molecule has 9 heteroatoms. The van der Waals surface area contributed by atoms with Crippen molar-refractivity contribution >= 4 is 34.8 Å². The summed E-state index contributed by atoms with van der Waals surface area (Å²) in [7, 11) is 0. The fourth-order valence-electron chi connectivity index (χ4n) is 3.16. The van der Waals surface area contributed by atoms with Crippen molar-refractivity contribution in [3.8, 4) is 0 Å². The summed E-state index contributed by atoms with van der Waals surface area (Å²) >= 11 is 0. The van der Waals surface area contributed by atoms with Crippen molar-refractivity contribution in [3.63, 3.8) is 0 Å². The number of amides is 2. The molecule has 156 valence electrons. The van der Waals surface area contributed by atoms with Gasteiger partial charge in [-0.15, -0.1) is 0 Å². The van der Waals surface area contributed by atoms with Gasteiger partial charge in [0.25, 0.3) is 11.6 Å². The summed E-state index contributed by atoms with van der Waals surface area (Å²) in [4.78, 5) is 48.3. The third-order valence-electron chi connectivity index (χ3n) is 4.80. The number of hydrogen-bond donors (Lipinski definition) is 1. The van der Waals surface area contributed by atoms with Crippen molar-refractivity contribution in [3.05, 3.63) is 64.2 Å². The van der Waals surface area contributed by atoms with Gasteiger partial charge in [0.2, 0.25) is 5.91 Å². The number of carbonyl (C=O) groups is 3. The van der Waals surface area contributed by atoms with Crippen molar-refractivity contribution in [2.24, 2.45) is 5.92 Å². The number of non-ortho nitro benzene ring substituents is 1. The summed E-state index contributed by atoms with van der Waals surface area (Å²) < 4.78 is 5.06. The Morgan fingerprint density at radius 2 is 1.97 bits per heavy atom. The molecule has 0 aliphatic carbocycles. The Kier molecular flexibility index (Phi) is 6.41. The molecule has 3 rings (SSSR count). The second-order valence-corrected chi connectivity index (χ2v) is 6.89. The van der Waals surface area contributed by atoms with Crippen LogP contribution in [0.5, 0.6) is 0 Å². The van der Waals surface area contributed by atoms with Crippen LogP contribution in [0.25, 0.3) is 0 Å². The Hall–Kier alpha value is -3.75. The average Bonchev–Trinajstić information content (AvgIpc) is 3.14. The third kappa shape index (κ3) is 4.99. The molecule has 1 heterocycles. The minimum atomic E-state index is -0.742. The van der Waals surface area contributed by atoms with Crippen molar-refractivity contribution < 1.29 is 24.0 Å². The van der Waals surface area contributed by atoms with Gasteiger partial charge >= 0.3 is 5.97 Å². The van der Waals surface area contributed by atoms with E-state index in [2.05, 4.69) is 5.32 Å². The molecular weight excluding hydrogens is 390 g/mol. The summed E-state index contributed by atoms with van der Waals surface area (Å²) in [5.41, 5.74) is 1.94. The van der Waals surface area contributed by atoms with Crippen LogP contribution in [0.1, 0.15) is 18.9 Å². The molecule has 2 aromatic rings. The minimum absolute atomic E-state index is 0.0406. The molecule has 2 aromatic carbocycles. The Bertz CT molecular complexity index is 973. The molecule has 9 nitrogen and oxygen atoms in total. The number of ether oxygens (including phenoxy) is 1. The lowest BCUT2D eigenvalue weighted by Crippen LogP contribution is -2.28. The second-order valence-electron chi connectivity index (χ2n) is 6.89. The van der Waals surface area contributed by atoms with Crippen molar-refractivity contribution in [2.75, 3.05) is 23.4 Å². The summed E-state index contributed by atoms with van der Waals surface area (Å²) in [5, 5.41) is 13.6. The first kappa shape index (κ1) is 21.0. The number of carbonyl (C=O) groups excluding carboxylic acids is 3. The maximum Gasteiger partial charge on any atom is 0.311 e. The number of nitro benzene ring substituents is 1. The second kappa shape index (κ2) is 9.17. The highest BCUT2D eigenvalue weighted by Crippen LogP contribution is 2.28. The Morgan fingerprint density at radius 3 is 2.63 bits per heavy atom. The van der Waals surface area contributed by atoms with E-state index in [4.69, 9.17) is 4.74 Å². The number of nitrogens with zero attached hydrogens (tertiary/aromatic N) is 2. The highest BCUT2D eigenvalue weighted by molar-refractivity contribution is 6.00. The third-order valence-corrected chi connectivity index (χ3v) is 4.80. The van der Waals surface area contributed by atoms with Crippen LogP contribution in [-0.2, 0) is 25.5 Å². The molecule has 1 N–H and O–H groups in total. The fraction of sp³-hybridized carbons (Fsp3) is 0.286. The van der Waals surface area contributed by atoms with Crippen molar-refractivity contribution in [1.29, 1.82) is 0 Å². The van der Waals surface area contributed by atoms with Crippen LogP contribution in [0.2, 0.25) is 0 Å². The molecule has 0 aromatic heterocycles. The van der Waals surface area contributed by atoms with E-state index in [9.17, 15) is 24.5 Å². The molecule has 0 bridgehead atoms. The van der Waals surface area contributed by atoms with Gasteiger partial charge < -0.3 is 15.0 Å². The van der Waals surface area contributed by atoms with Gasteiger partial charge in [0.15, 0.2) is 6.61 Å². The van der Waals surface area contributed by atoms with Gasteiger partial charge in [-0.2, -0.15) is 0 Å². The maximum atomic E-state index is 12.3. The molecule has 1 aliphatic heterocycles.